The maximum absolute atomic E-state index is 12.5. The molecule has 1 fully saturated rings. The molecule has 1 aromatic heterocycles. The second-order valence-corrected chi connectivity index (χ2v) is 8.99. The van der Waals surface area contributed by atoms with Gasteiger partial charge in [0.25, 0.3) is 0 Å². The van der Waals surface area contributed by atoms with E-state index in [1.807, 2.05) is 26.0 Å². The SMILES string of the molecule is CCOc1ccc([C@@H](C)NC(=O)[C@@H]2CCN(CCC(C)(C)C)C2)s1.Cl. The summed E-state index contributed by atoms with van der Waals surface area (Å²) in [5, 5.41) is 4.09. The third-order valence-corrected chi connectivity index (χ3v) is 5.68. The summed E-state index contributed by atoms with van der Waals surface area (Å²) < 4.78 is 5.51. The van der Waals surface area contributed by atoms with Crippen LogP contribution in [0.3, 0.4) is 0 Å². The minimum absolute atomic E-state index is 0. The van der Waals surface area contributed by atoms with Crippen LogP contribution in [0.4, 0.5) is 0 Å². The van der Waals surface area contributed by atoms with Crippen LogP contribution in [0.25, 0.3) is 0 Å². The van der Waals surface area contributed by atoms with Gasteiger partial charge in [-0.25, -0.2) is 0 Å². The highest BCUT2D eigenvalue weighted by Crippen LogP contribution is 2.29. The van der Waals surface area contributed by atoms with Gasteiger partial charge in [0.15, 0.2) is 5.06 Å². The Morgan fingerprint density at radius 3 is 2.80 bits per heavy atom. The summed E-state index contributed by atoms with van der Waals surface area (Å²) in [6, 6.07) is 4.07. The van der Waals surface area contributed by atoms with Gasteiger partial charge in [0.1, 0.15) is 0 Å². The lowest BCUT2D eigenvalue weighted by Gasteiger charge is -2.23. The highest BCUT2D eigenvalue weighted by Gasteiger charge is 2.29. The van der Waals surface area contributed by atoms with Crippen LogP contribution in [-0.2, 0) is 4.79 Å². The van der Waals surface area contributed by atoms with Crippen molar-refractivity contribution in [1.82, 2.24) is 10.2 Å². The summed E-state index contributed by atoms with van der Waals surface area (Å²) in [4.78, 5) is 16.1. The average Bonchev–Trinajstić information content (AvgIpc) is 3.14. The molecule has 0 radical (unpaired) electrons. The second-order valence-electron chi connectivity index (χ2n) is 7.92. The molecule has 0 bridgehead atoms. The first-order valence-electron chi connectivity index (χ1n) is 9.04. The number of likely N-dealkylation sites (tertiary alicyclic amines) is 1. The Morgan fingerprint density at radius 2 is 2.16 bits per heavy atom. The van der Waals surface area contributed by atoms with E-state index in [0.717, 1.165) is 36.0 Å². The average molecular weight is 389 g/mol. The quantitative estimate of drug-likeness (QED) is 0.747. The summed E-state index contributed by atoms with van der Waals surface area (Å²) >= 11 is 1.61. The van der Waals surface area contributed by atoms with Gasteiger partial charge in [-0.3, -0.25) is 4.79 Å². The molecule has 2 rings (SSSR count). The van der Waals surface area contributed by atoms with Crippen molar-refractivity contribution in [1.29, 1.82) is 0 Å². The molecule has 2 heterocycles. The van der Waals surface area contributed by atoms with Crippen LogP contribution in [0.15, 0.2) is 12.1 Å². The molecule has 0 aromatic carbocycles. The standard InChI is InChI=1S/C19H32N2O2S.ClH/c1-6-23-17-8-7-16(24-17)14(2)20-18(22)15-9-11-21(13-15)12-10-19(3,4)5;/h7-8,14-15H,6,9-13H2,1-5H3,(H,20,22);1H/t14-,15-;/m1./s1. The van der Waals surface area contributed by atoms with Gasteiger partial charge in [-0.15, -0.1) is 23.7 Å². The van der Waals surface area contributed by atoms with Crippen molar-refractivity contribution in [3.05, 3.63) is 17.0 Å². The van der Waals surface area contributed by atoms with Crippen LogP contribution in [0.1, 0.15) is 58.4 Å². The number of halogens is 1. The molecule has 2 atom stereocenters. The first-order chi connectivity index (χ1) is 11.3. The Hall–Kier alpha value is -0.780. The van der Waals surface area contributed by atoms with Crippen molar-refractivity contribution >= 4 is 29.7 Å². The van der Waals surface area contributed by atoms with Crippen LogP contribution in [0, 0.1) is 11.3 Å². The van der Waals surface area contributed by atoms with E-state index in [9.17, 15) is 4.79 Å². The van der Waals surface area contributed by atoms with Gasteiger partial charge in [-0.05, 0) is 57.3 Å². The third-order valence-electron chi connectivity index (χ3n) is 4.50. The van der Waals surface area contributed by atoms with E-state index >= 15 is 0 Å². The number of hydrogen-bond donors (Lipinski definition) is 1. The fraction of sp³-hybridized carbons (Fsp3) is 0.737. The maximum Gasteiger partial charge on any atom is 0.224 e. The van der Waals surface area contributed by atoms with E-state index < -0.39 is 0 Å². The van der Waals surface area contributed by atoms with Crippen molar-refractivity contribution in [2.45, 2.75) is 53.5 Å². The zero-order valence-corrected chi connectivity index (χ0v) is 17.8. The number of thiophene rings is 1. The van der Waals surface area contributed by atoms with Crippen molar-refractivity contribution in [3.8, 4) is 5.06 Å². The molecule has 144 valence electrons. The number of carbonyl (C=O) groups excluding carboxylic acids is 1. The molecule has 0 aliphatic carbocycles. The van der Waals surface area contributed by atoms with Gasteiger partial charge < -0.3 is 15.0 Å². The van der Waals surface area contributed by atoms with Crippen molar-refractivity contribution < 1.29 is 9.53 Å². The van der Waals surface area contributed by atoms with E-state index in [-0.39, 0.29) is 30.3 Å². The smallest absolute Gasteiger partial charge is 0.224 e. The zero-order chi connectivity index (χ0) is 17.7. The fourth-order valence-electron chi connectivity index (χ4n) is 2.93. The molecular weight excluding hydrogens is 356 g/mol. The highest BCUT2D eigenvalue weighted by atomic mass is 35.5. The first kappa shape index (κ1) is 22.3. The molecule has 1 aliphatic rings. The van der Waals surface area contributed by atoms with Crippen LogP contribution in [-0.4, -0.2) is 37.0 Å². The highest BCUT2D eigenvalue weighted by molar-refractivity contribution is 7.13. The predicted octanol–water partition coefficient (Wildman–Crippen LogP) is 4.50. The number of amides is 1. The van der Waals surface area contributed by atoms with Crippen molar-refractivity contribution in [2.75, 3.05) is 26.2 Å². The number of rotatable bonds is 7. The van der Waals surface area contributed by atoms with E-state index in [1.165, 1.54) is 6.42 Å². The van der Waals surface area contributed by atoms with Crippen LogP contribution >= 0.6 is 23.7 Å². The Kier molecular flexibility index (Phi) is 8.72. The van der Waals surface area contributed by atoms with Gasteiger partial charge >= 0.3 is 0 Å². The summed E-state index contributed by atoms with van der Waals surface area (Å²) in [6.07, 6.45) is 2.14. The molecule has 1 aliphatic heterocycles. The fourth-order valence-corrected chi connectivity index (χ4v) is 3.85. The molecule has 1 saturated heterocycles. The summed E-state index contributed by atoms with van der Waals surface area (Å²) in [7, 11) is 0. The van der Waals surface area contributed by atoms with Gasteiger partial charge in [-0.2, -0.15) is 0 Å². The van der Waals surface area contributed by atoms with E-state index in [2.05, 4.69) is 31.0 Å². The summed E-state index contributed by atoms with van der Waals surface area (Å²) in [5.74, 6) is 0.311. The lowest BCUT2D eigenvalue weighted by atomic mass is 9.92. The Balaban J connectivity index is 0.00000312. The molecule has 1 N–H and O–H groups in total. The second kappa shape index (κ2) is 9.79. The molecule has 6 heteroatoms. The molecule has 0 unspecified atom stereocenters. The number of nitrogens with one attached hydrogen (secondary N) is 1. The van der Waals surface area contributed by atoms with Crippen LogP contribution < -0.4 is 10.1 Å². The molecule has 1 aromatic rings. The van der Waals surface area contributed by atoms with E-state index in [1.54, 1.807) is 11.3 Å². The Morgan fingerprint density at radius 1 is 1.44 bits per heavy atom. The molecule has 25 heavy (non-hydrogen) atoms. The predicted molar refractivity (Wildman–Crippen MR) is 108 cm³/mol. The van der Waals surface area contributed by atoms with Gasteiger partial charge in [0.05, 0.1) is 18.6 Å². The minimum atomic E-state index is 0. The molecule has 4 nitrogen and oxygen atoms in total. The van der Waals surface area contributed by atoms with Crippen LogP contribution in [0.5, 0.6) is 5.06 Å². The normalized spacial score (nSPS) is 19.3. The molecule has 0 spiro atoms. The monoisotopic (exact) mass is 388 g/mol. The minimum Gasteiger partial charge on any atom is -0.484 e. The number of hydrogen-bond acceptors (Lipinski definition) is 4. The summed E-state index contributed by atoms with van der Waals surface area (Å²) in [6.45, 7) is 14.5. The van der Waals surface area contributed by atoms with Gasteiger partial charge in [-0.1, -0.05) is 20.8 Å². The topological polar surface area (TPSA) is 41.6 Å². The van der Waals surface area contributed by atoms with E-state index in [4.69, 9.17) is 4.74 Å². The summed E-state index contributed by atoms with van der Waals surface area (Å²) in [5.41, 5.74) is 0.353. The molecule has 1 amide bonds. The number of nitrogens with zero attached hydrogens (tertiary/aromatic N) is 1. The Bertz CT molecular complexity index is 542. The zero-order valence-electron chi connectivity index (χ0n) is 16.1. The Labute approximate surface area is 162 Å². The number of carbonyl (C=O) groups is 1. The largest absolute Gasteiger partial charge is 0.484 e. The van der Waals surface area contributed by atoms with Crippen LogP contribution in [0.2, 0.25) is 0 Å². The van der Waals surface area contributed by atoms with Crippen molar-refractivity contribution in [3.63, 3.8) is 0 Å². The van der Waals surface area contributed by atoms with Crippen molar-refractivity contribution in [2.24, 2.45) is 11.3 Å². The first-order valence-corrected chi connectivity index (χ1v) is 9.85. The lowest BCUT2D eigenvalue weighted by molar-refractivity contribution is -0.125. The lowest BCUT2D eigenvalue weighted by Crippen LogP contribution is -2.34. The van der Waals surface area contributed by atoms with E-state index in [0.29, 0.717) is 12.0 Å². The molecule has 0 saturated carbocycles. The van der Waals surface area contributed by atoms with Gasteiger partial charge in [0.2, 0.25) is 5.91 Å². The number of ether oxygens (including phenoxy) is 1. The molecular formula is C19H33ClN2O2S. The van der Waals surface area contributed by atoms with Gasteiger partial charge in [0, 0.05) is 11.4 Å². The third kappa shape index (κ3) is 7.16. The maximum atomic E-state index is 12.5.